The van der Waals surface area contributed by atoms with Crippen LogP contribution in [0, 0.1) is 17.3 Å². The zero-order valence-electron chi connectivity index (χ0n) is 12.3. The molecule has 2 aliphatic rings. The molecule has 3 N–H and O–H groups in total. The molecule has 2 saturated carbocycles. The van der Waals surface area contributed by atoms with Crippen molar-refractivity contribution in [3.05, 3.63) is 0 Å². The van der Waals surface area contributed by atoms with Crippen LogP contribution in [0.25, 0.3) is 0 Å². The van der Waals surface area contributed by atoms with Crippen molar-refractivity contribution in [2.24, 2.45) is 23.0 Å². The van der Waals surface area contributed by atoms with E-state index < -0.39 is 5.60 Å². The molecule has 0 aliphatic heterocycles. The first kappa shape index (κ1) is 14.3. The van der Waals surface area contributed by atoms with E-state index in [0.717, 1.165) is 19.3 Å². The van der Waals surface area contributed by atoms with Crippen molar-refractivity contribution in [2.45, 2.75) is 77.2 Å². The maximum atomic E-state index is 11.4. The number of aliphatic hydroxyl groups is 1. The molecule has 0 spiro atoms. The summed E-state index contributed by atoms with van der Waals surface area (Å²) in [6.07, 6.45) is 10.8. The van der Waals surface area contributed by atoms with Gasteiger partial charge in [-0.25, -0.2) is 0 Å². The molecule has 0 radical (unpaired) electrons. The fourth-order valence-electron chi connectivity index (χ4n) is 4.61. The van der Waals surface area contributed by atoms with Crippen LogP contribution in [0.15, 0.2) is 0 Å². The Kier molecular flexibility index (Phi) is 4.38. The monoisotopic (exact) mass is 253 g/mol. The molecule has 2 nitrogen and oxygen atoms in total. The number of hydrogen-bond donors (Lipinski definition) is 2. The summed E-state index contributed by atoms with van der Waals surface area (Å²) in [4.78, 5) is 0. The van der Waals surface area contributed by atoms with E-state index in [1.807, 2.05) is 0 Å². The van der Waals surface area contributed by atoms with E-state index in [4.69, 9.17) is 5.73 Å². The Morgan fingerprint density at radius 2 is 1.61 bits per heavy atom. The average Bonchev–Trinajstić information content (AvgIpc) is 2.62. The highest BCUT2D eigenvalue weighted by atomic mass is 16.3. The van der Waals surface area contributed by atoms with Gasteiger partial charge < -0.3 is 10.8 Å². The van der Waals surface area contributed by atoms with Crippen molar-refractivity contribution in [1.82, 2.24) is 0 Å². The zero-order chi connectivity index (χ0) is 13.2. The lowest BCUT2D eigenvalue weighted by Crippen LogP contribution is -2.59. The number of nitrogens with two attached hydrogens (primary N) is 1. The van der Waals surface area contributed by atoms with Crippen LogP contribution in [-0.4, -0.2) is 17.3 Å². The first-order valence-corrected chi connectivity index (χ1v) is 7.98. The van der Waals surface area contributed by atoms with E-state index >= 15 is 0 Å². The van der Waals surface area contributed by atoms with Crippen molar-refractivity contribution in [3.8, 4) is 0 Å². The molecule has 0 heterocycles. The molecule has 18 heavy (non-hydrogen) atoms. The van der Waals surface area contributed by atoms with Crippen LogP contribution >= 0.6 is 0 Å². The van der Waals surface area contributed by atoms with Crippen LogP contribution in [-0.2, 0) is 0 Å². The molecule has 3 unspecified atom stereocenters. The molecule has 2 fully saturated rings. The predicted molar refractivity (Wildman–Crippen MR) is 76.3 cm³/mol. The summed E-state index contributed by atoms with van der Waals surface area (Å²) in [5, 5.41) is 11.4. The van der Waals surface area contributed by atoms with Gasteiger partial charge in [-0.05, 0) is 31.1 Å². The Bertz CT molecular complexity index is 270. The quantitative estimate of drug-likeness (QED) is 0.740. The van der Waals surface area contributed by atoms with Crippen molar-refractivity contribution >= 4 is 0 Å². The third kappa shape index (κ3) is 2.22. The minimum absolute atomic E-state index is 0.00238. The Hall–Kier alpha value is -0.0800. The molecule has 2 heteroatoms. The summed E-state index contributed by atoms with van der Waals surface area (Å²) in [5.41, 5.74) is 5.66. The molecule has 106 valence electrons. The molecule has 0 aromatic rings. The van der Waals surface area contributed by atoms with Crippen LogP contribution in [0.1, 0.15) is 71.6 Å². The van der Waals surface area contributed by atoms with Gasteiger partial charge in [0.15, 0.2) is 0 Å². The van der Waals surface area contributed by atoms with Crippen LogP contribution in [0.4, 0.5) is 0 Å². The molecule has 0 saturated heterocycles. The van der Waals surface area contributed by atoms with Gasteiger partial charge in [-0.15, -0.1) is 0 Å². The van der Waals surface area contributed by atoms with Gasteiger partial charge in [0.05, 0.1) is 5.60 Å². The Morgan fingerprint density at radius 3 is 2.17 bits per heavy atom. The van der Waals surface area contributed by atoms with E-state index in [1.165, 1.54) is 38.5 Å². The van der Waals surface area contributed by atoms with Gasteiger partial charge in [-0.1, -0.05) is 52.4 Å². The topological polar surface area (TPSA) is 46.2 Å². The zero-order valence-corrected chi connectivity index (χ0v) is 12.3. The highest BCUT2D eigenvalue weighted by Gasteiger charge is 2.54. The largest absolute Gasteiger partial charge is 0.389 e. The van der Waals surface area contributed by atoms with Crippen molar-refractivity contribution in [2.75, 3.05) is 6.54 Å². The van der Waals surface area contributed by atoms with Gasteiger partial charge >= 0.3 is 0 Å². The van der Waals surface area contributed by atoms with E-state index in [2.05, 4.69) is 13.8 Å². The van der Waals surface area contributed by atoms with Gasteiger partial charge in [0, 0.05) is 12.0 Å². The predicted octanol–water partition coefficient (Wildman–Crippen LogP) is 3.47. The number of rotatable bonds is 2. The third-order valence-corrected chi connectivity index (χ3v) is 6.19. The van der Waals surface area contributed by atoms with Crippen molar-refractivity contribution in [3.63, 3.8) is 0 Å². The van der Waals surface area contributed by atoms with Crippen LogP contribution in [0.5, 0.6) is 0 Å². The van der Waals surface area contributed by atoms with Gasteiger partial charge in [0.1, 0.15) is 0 Å². The average molecular weight is 253 g/mol. The van der Waals surface area contributed by atoms with Crippen LogP contribution < -0.4 is 5.73 Å². The first-order valence-electron chi connectivity index (χ1n) is 7.98. The normalized spacial score (nSPS) is 41.3. The summed E-state index contributed by atoms with van der Waals surface area (Å²) in [6.45, 7) is 5.22. The summed E-state index contributed by atoms with van der Waals surface area (Å²) in [6, 6.07) is 0. The molecule has 0 bridgehead atoms. The lowest BCUT2D eigenvalue weighted by Gasteiger charge is -2.54. The molecule has 2 aliphatic carbocycles. The minimum Gasteiger partial charge on any atom is -0.389 e. The van der Waals surface area contributed by atoms with E-state index in [1.54, 1.807) is 0 Å². The Labute approximate surface area is 112 Å². The molecule has 0 aromatic carbocycles. The second-order valence-corrected chi connectivity index (χ2v) is 6.98. The first-order chi connectivity index (χ1) is 8.56. The van der Waals surface area contributed by atoms with Crippen molar-refractivity contribution < 1.29 is 5.11 Å². The summed E-state index contributed by atoms with van der Waals surface area (Å²) in [7, 11) is 0. The standard InChI is InChI=1S/C16H31NO/c1-13-8-7-11-16(18,14(13)2)15(12-17)9-5-3-4-6-10-15/h13-14,18H,3-12,17H2,1-2H3. The Balaban J connectivity index is 2.28. The fraction of sp³-hybridized carbons (Fsp3) is 1.00. The lowest BCUT2D eigenvalue weighted by molar-refractivity contribution is -0.159. The second-order valence-electron chi connectivity index (χ2n) is 6.98. The van der Waals surface area contributed by atoms with Gasteiger partial charge in [-0.3, -0.25) is 0 Å². The molecular weight excluding hydrogens is 222 g/mol. The van der Waals surface area contributed by atoms with E-state index in [0.29, 0.717) is 18.4 Å². The van der Waals surface area contributed by atoms with Crippen molar-refractivity contribution in [1.29, 1.82) is 0 Å². The second kappa shape index (κ2) is 5.50. The lowest BCUT2D eigenvalue weighted by atomic mass is 9.55. The highest BCUT2D eigenvalue weighted by molar-refractivity contribution is 5.05. The maximum Gasteiger partial charge on any atom is 0.0743 e. The van der Waals surface area contributed by atoms with E-state index in [-0.39, 0.29) is 5.41 Å². The number of hydrogen-bond acceptors (Lipinski definition) is 2. The smallest absolute Gasteiger partial charge is 0.0743 e. The van der Waals surface area contributed by atoms with Crippen LogP contribution in [0.3, 0.4) is 0 Å². The molecular formula is C16H31NO. The molecule has 3 atom stereocenters. The summed E-state index contributed by atoms with van der Waals surface area (Å²) in [5.74, 6) is 1.03. The molecule has 0 aromatic heterocycles. The van der Waals surface area contributed by atoms with E-state index in [9.17, 15) is 5.11 Å². The third-order valence-electron chi connectivity index (χ3n) is 6.19. The highest BCUT2D eigenvalue weighted by Crippen LogP contribution is 2.53. The molecule has 0 amide bonds. The summed E-state index contributed by atoms with van der Waals surface area (Å²) < 4.78 is 0. The fourth-order valence-corrected chi connectivity index (χ4v) is 4.61. The maximum absolute atomic E-state index is 11.4. The SMILES string of the molecule is CC1CCCC(O)(C2(CN)CCCCCC2)C1C. The molecule has 2 rings (SSSR count). The minimum atomic E-state index is -0.510. The van der Waals surface area contributed by atoms with Gasteiger partial charge in [0.25, 0.3) is 0 Å². The van der Waals surface area contributed by atoms with Gasteiger partial charge in [0.2, 0.25) is 0 Å². The van der Waals surface area contributed by atoms with Gasteiger partial charge in [-0.2, -0.15) is 0 Å². The Morgan fingerprint density at radius 1 is 1.00 bits per heavy atom. The summed E-state index contributed by atoms with van der Waals surface area (Å²) >= 11 is 0. The van der Waals surface area contributed by atoms with Crippen LogP contribution in [0.2, 0.25) is 0 Å².